The van der Waals surface area contributed by atoms with Crippen molar-refractivity contribution in [3.05, 3.63) is 89.7 Å². The van der Waals surface area contributed by atoms with E-state index in [1.165, 1.54) is 35.1 Å². The molecule has 2 aromatic heterocycles. The zero-order valence-corrected chi connectivity index (χ0v) is 18.1. The van der Waals surface area contributed by atoms with Gasteiger partial charge in [0.2, 0.25) is 5.95 Å². The summed E-state index contributed by atoms with van der Waals surface area (Å²) in [5.74, 6) is 1.72. The zero-order chi connectivity index (χ0) is 21.3. The van der Waals surface area contributed by atoms with E-state index in [1.54, 1.807) is 0 Å². The van der Waals surface area contributed by atoms with E-state index in [0.717, 1.165) is 43.0 Å². The van der Waals surface area contributed by atoms with Crippen molar-refractivity contribution in [2.45, 2.75) is 43.1 Å². The lowest BCUT2D eigenvalue weighted by atomic mass is 9.80. The predicted molar refractivity (Wildman–Crippen MR) is 127 cm³/mol. The molecule has 4 aromatic rings. The van der Waals surface area contributed by atoms with Crippen LogP contribution in [-0.2, 0) is 5.41 Å². The highest BCUT2D eigenvalue weighted by Gasteiger charge is 2.48. The lowest BCUT2D eigenvalue weighted by Crippen LogP contribution is -2.30. The number of aliphatic hydroxyl groups is 1. The third kappa shape index (κ3) is 2.69. The number of anilines is 1. The third-order valence-corrected chi connectivity index (χ3v) is 7.91. The van der Waals surface area contributed by atoms with E-state index >= 15 is 0 Å². The Bertz CT molecular complexity index is 1340. The lowest BCUT2D eigenvalue weighted by molar-refractivity contribution is 0.158. The molecule has 2 fully saturated rings. The highest BCUT2D eigenvalue weighted by Crippen LogP contribution is 2.52. The summed E-state index contributed by atoms with van der Waals surface area (Å²) < 4.78 is 2.17. The fraction of sp³-hybridized carbons (Fsp3) is 0.321. The smallest absolute Gasteiger partial charge is 0.210 e. The minimum atomic E-state index is -0.394. The Kier molecular flexibility index (Phi) is 3.86. The number of aromatic nitrogens is 2. The van der Waals surface area contributed by atoms with E-state index < -0.39 is 6.10 Å². The van der Waals surface area contributed by atoms with Gasteiger partial charge in [0.1, 0.15) is 0 Å². The van der Waals surface area contributed by atoms with Gasteiger partial charge in [-0.25, -0.2) is 4.98 Å². The van der Waals surface area contributed by atoms with Gasteiger partial charge in [-0.1, -0.05) is 42.5 Å². The Hall–Kier alpha value is -3.11. The molecular weight excluding hydrogens is 394 g/mol. The van der Waals surface area contributed by atoms with Crippen molar-refractivity contribution in [2.24, 2.45) is 0 Å². The molecule has 0 bridgehead atoms. The van der Waals surface area contributed by atoms with Crippen LogP contribution in [0.2, 0.25) is 0 Å². The largest absolute Gasteiger partial charge is 0.388 e. The summed E-state index contributed by atoms with van der Waals surface area (Å²) in [6.45, 7) is 1.87. The number of benzene rings is 2. The molecule has 2 aliphatic carbocycles. The summed E-state index contributed by atoms with van der Waals surface area (Å²) in [6, 6.07) is 21.9. The molecule has 160 valence electrons. The molecule has 1 N–H and O–H groups in total. The monoisotopic (exact) mass is 421 g/mol. The normalized spacial score (nSPS) is 24.5. The molecule has 7 rings (SSSR count). The van der Waals surface area contributed by atoms with Crippen molar-refractivity contribution in [1.82, 2.24) is 9.38 Å². The van der Waals surface area contributed by atoms with Crippen LogP contribution >= 0.6 is 0 Å². The number of pyridine rings is 1. The summed E-state index contributed by atoms with van der Waals surface area (Å²) in [4.78, 5) is 7.11. The second kappa shape index (κ2) is 6.69. The second-order valence-corrected chi connectivity index (χ2v) is 9.89. The van der Waals surface area contributed by atoms with Gasteiger partial charge in [0, 0.05) is 24.7 Å². The van der Waals surface area contributed by atoms with Gasteiger partial charge in [-0.15, -0.1) is 0 Å². The molecule has 0 amide bonds. The molecule has 1 spiro atoms. The van der Waals surface area contributed by atoms with Gasteiger partial charge >= 0.3 is 0 Å². The number of aliphatic hydroxyl groups excluding tert-OH is 1. The van der Waals surface area contributed by atoms with Gasteiger partial charge in [-0.2, -0.15) is 0 Å². The van der Waals surface area contributed by atoms with Gasteiger partial charge in [0.05, 0.1) is 17.8 Å². The number of hydrogen-bond acceptors (Lipinski definition) is 3. The highest BCUT2D eigenvalue weighted by molar-refractivity contribution is 5.71. The van der Waals surface area contributed by atoms with E-state index in [2.05, 4.69) is 76.2 Å². The molecular formula is C28H27N3O. The van der Waals surface area contributed by atoms with Crippen molar-refractivity contribution >= 4 is 11.5 Å². The van der Waals surface area contributed by atoms with Gasteiger partial charge in [-0.05, 0) is 77.6 Å². The fourth-order valence-corrected chi connectivity index (χ4v) is 6.18. The molecule has 4 nitrogen and oxygen atoms in total. The molecule has 1 saturated heterocycles. The standard InChI is InChI=1S/C28H27N3O/c32-26-16-28(12-14-30(18-28)27-29-17-21-5-3-4-13-31(21)27)25-11-10-20(15-24(25)26)23-7-2-1-6-22(23)19-8-9-19/h1-7,10-11,13,15,17,19,26,32H,8-9,12,14,16,18H2. The van der Waals surface area contributed by atoms with Crippen LogP contribution in [0.25, 0.3) is 16.6 Å². The molecule has 2 atom stereocenters. The first-order valence-corrected chi connectivity index (χ1v) is 11.8. The molecule has 1 saturated carbocycles. The summed E-state index contributed by atoms with van der Waals surface area (Å²) in [5, 5.41) is 11.1. The zero-order valence-electron chi connectivity index (χ0n) is 18.1. The molecule has 2 aromatic carbocycles. The SMILES string of the molecule is OC1CC2(CCN(c3ncc4ccccn34)C2)c2ccc(-c3ccccc3C3CC3)cc21. The average Bonchev–Trinajstić information content (AvgIpc) is 3.36. The Balaban J connectivity index is 1.25. The molecule has 0 radical (unpaired) electrons. The first-order valence-electron chi connectivity index (χ1n) is 11.8. The Morgan fingerprint density at radius 3 is 2.75 bits per heavy atom. The summed E-state index contributed by atoms with van der Waals surface area (Å²) in [5.41, 5.74) is 7.63. The van der Waals surface area contributed by atoms with Crippen LogP contribution in [-0.4, -0.2) is 27.6 Å². The number of hydrogen-bond donors (Lipinski definition) is 1. The maximum absolute atomic E-state index is 11.1. The summed E-state index contributed by atoms with van der Waals surface area (Å²) >= 11 is 0. The lowest BCUT2D eigenvalue weighted by Gasteiger charge is -2.26. The Labute approximate surface area is 188 Å². The van der Waals surface area contributed by atoms with Crippen LogP contribution in [0.5, 0.6) is 0 Å². The van der Waals surface area contributed by atoms with Gasteiger partial charge in [-0.3, -0.25) is 4.40 Å². The summed E-state index contributed by atoms with van der Waals surface area (Å²) in [6.07, 6.45) is 8.09. The Morgan fingerprint density at radius 2 is 1.84 bits per heavy atom. The van der Waals surface area contributed by atoms with Crippen molar-refractivity contribution in [2.75, 3.05) is 18.0 Å². The number of imidazole rings is 1. The summed E-state index contributed by atoms with van der Waals surface area (Å²) in [7, 11) is 0. The van der Waals surface area contributed by atoms with Crippen LogP contribution in [0.4, 0.5) is 5.95 Å². The first kappa shape index (κ1) is 18.5. The minimum Gasteiger partial charge on any atom is -0.388 e. The van der Waals surface area contributed by atoms with Crippen molar-refractivity contribution < 1.29 is 5.11 Å². The Morgan fingerprint density at radius 1 is 0.969 bits per heavy atom. The molecule has 3 aliphatic rings. The van der Waals surface area contributed by atoms with E-state index in [4.69, 9.17) is 4.98 Å². The predicted octanol–water partition coefficient (Wildman–Crippen LogP) is 5.46. The van der Waals surface area contributed by atoms with Gasteiger partial charge in [0.25, 0.3) is 0 Å². The van der Waals surface area contributed by atoms with Crippen LogP contribution < -0.4 is 4.90 Å². The van der Waals surface area contributed by atoms with Gasteiger partial charge in [0.15, 0.2) is 0 Å². The van der Waals surface area contributed by atoms with E-state index in [-0.39, 0.29) is 5.41 Å². The number of rotatable bonds is 3. The van der Waals surface area contributed by atoms with Gasteiger partial charge < -0.3 is 10.0 Å². The van der Waals surface area contributed by atoms with Crippen LogP contribution in [0.15, 0.2) is 73.1 Å². The quantitative estimate of drug-likeness (QED) is 0.477. The van der Waals surface area contributed by atoms with E-state index in [0.29, 0.717) is 5.92 Å². The first-order chi connectivity index (χ1) is 15.7. The van der Waals surface area contributed by atoms with E-state index in [1.807, 2.05) is 6.20 Å². The molecule has 2 unspecified atom stereocenters. The third-order valence-electron chi connectivity index (χ3n) is 7.91. The maximum Gasteiger partial charge on any atom is 0.210 e. The molecule has 4 heteroatoms. The highest BCUT2D eigenvalue weighted by atomic mass is 16.3. The number of nitrogens with zero attached hydrogens (tertiary/aromatic N) is 3. The van der Waals surface area contributed by atoms with Crippen molar-refractivity contribution in [1.29, 1.82) is 0 Å². The van der Waals surface area contributed by atoms with Crippen LogP contribution in [0.3, 0.4) is 0 Å². The maximum atomic E-state index is 11.1. The van der Waals surface area contributed by atoms with Crippen LogP contribution in [0.1, 0.15) is 54.4 Å². The van der Waals surface area contributed by atoms with Crippen LogP contribution in [0, 0.1) is 0 Å². The van der Waals surface area contributed by atoms with Crippen molar-refractivity contribution in [3.63, 3.8) is 0 Å². The molecule has 1 aliphatic heterocycles. The minimum absolute atomic E-state index is 0.00387. The molecule has 32 heavy (non-hydrogen) atoms. The second-order valence-electron chi connectivity index (χ2n) is 9.89. The molecule has 3 heterocycles. The topological polar surface area (TPSA) is 40.8 Å². The fourth-order valence-electron chi connectivity index (χ4n) is 6.18. The average molecular weight is 422 g/mol. The number of fused-ring (bicyclic) bond motifs is 3. The van der Waals surface area contributed by atoms with Crippen molar-refractivity contribution in [3.8, 4) is 11.1 Å². The van der Waals surface area contributed by atoms with E-state index in [9.17, 15) is 5.11 Å².